The van der Waals surface area contributed by atoms with E-state index in [2.05, 4.69) is 206 Å². The molecular formula is C55H37NS. The molecule has 1 aliphatic carbocycles. The van der Waals surface area contributed by atoms with Gasteiger partial charge in [0.2, 0.25) is 0 Å². The molecule has 57 heavy (non-hydrogen) atoms. The van der Waals surface area contributed by atoms with Gasteiger partial charge >= 0.3 is 0 Å². The number of rotatable bonds is 4. The fourth-order valence-corrected chi connectivity index (χ4v) is 11.0. The summed E-state index contributed by atoms with van der Waals surface area (Å²) in [6.45, 7) is 4.84. The predicted octanol–water partition coefficient (Wildman–Crippen LogP) is 15.6. The zero-order valence-electron chi connectivity index (χ0n) is 31.8. The van der Waals surface area contributed by atoms with E-state index in [9.17, 15) is 0 Å². The Morgan fingerprint density at radius 2 is 1.02 bits per heavy atom. The molecule has 0 N–H and O–H groups in total. The van der Waals surface area contributed by atoms with Gasteiger partial charge in [0.05, 0.1) is 11.0 Å². The van der Waals surface area contributed by atoms with Crippen LogP contribution in [-0.4, -0.2) is 4.57 Å². The molecule has 0 saturated carbocycles. The van der Waals surface area contributed by atoms with Crippen molar-refractivity contribution in [3.8, 4) is 50.2 Å². The van der Waals surface area contributed by atoms with Crippen molar-refractivity contribution in [2.45, 2.75) is 19.3 Å². The highest BCUT2D eigenvalue weighted by atomic mass is 32.1. The molecule has 0 radical (unpaired) electrons. The molecule has 0 fully saturated rings. The van der Waals surface area contributed by atoms with E-state index in [-0.39, 0.29) is 5.41 Å². The van der Waals surface area contributed by atoms with E-state index in [1.807, 2.05) is 11.3 Å². The van der Waals surface area contributed by atoms with E-state index in [0.29, 0.717) is 0 Å². The topological polar surface area (TPSA) is 4.93 Å². The first kappa shape index (κ1) is 32.5. The van der Waals surface area contributed by atoms with Gasteiger partial charge in [0.15, 0.2) is 0 Å². The maximum atomic E-state index is 2.49. The van der Waals surface area contributed by atoms with Crippen molar-refractivity contribution in [2.75, 3.05) is 0 Å². The van der Waals surface area contributed by atoms with Gasteiger partial charge in [-0.1, -0.05) is 153 Å². The zero-order valence-corrected chi connectivity index (χ0v) is 32.6. The van der Waals surface area contributed by atoms with Crippen LogP contribution in [0.4, 0.5) is 0 Å². The highest BCUT2D eigenvalue weighted by Gasteiger charge is 2.38. The molecule has 0 bridgehead atoms. The van der Waals surface area contributed by atoms with Crippen LogP contribution in [0, 0.1) is 0 Å². The molecule has 2 heterocycles. The summed E-state index contributed by atoms with van der Waals surface area (Å²) in [5.41, 5.74) is 16.4. The van der Waals surface area contributed by atoms with E-state index in [4.69, 9.17) is 0 Å². The van der Waals surface area contributed by atoms with Gasteiger partial charge in [-0.2, -0.15) is 0 Å². The Kier molecular flexibility index (Phi) is 6.91. The lowest BCUT2D eigenvalue weighted by atomic mass is 9.80. The van der Waals surface area contributed by atoms with Crippen molar-refractivity contribution in [3.63, 3.8) is 0 Å². The number of aromatic nitrogens is 1. The lowest BCUT2D eigenvalue weighted by Gasteiger charge is -2.23. The number of hydrogen-bond donors (Lipinski definition) is 0. The molecular weight excluding hydrogens is 707 g/mol. The second-order valence-corrected chi connectivity index (χ2v) is 17.2. The summed E-state index contributed by atoms with van der Waals surface area (Å²) < 4.78 is 5.21. The normalized spacial score (nSPS) is 13.2. The Balaban J connectivity index is 1.02. The maximum Gasteiger partial charge on any atom is 0.0541 e. The van der Waals surface area contributed by atoms with Crippen LogP contribution in [-0.2, 0) is 5.41 Å². The van der Waals surface area contributed by atoms with Gasteiger partial charge in [-0.15, -0.1) is 11.3 Å². The fraction of sp³-hybridized carbons (Fsp3) is 0.0545. The molecule has 0 spiro atoms. The van der Waals surface area contributed by atoms with Crippen molar-refractivity contribution in [1.82, 2.24) is 4.57 Å². The zero-order chi connectivity index (χ0) is 37.8. The monoisotopic (exact) mass is 743 g/mol. The summed E-state index contributed by atoms with van der Waals surface area (Å²) in [5.74, 6) is 0. The SMILES string of the molecule is CC1(C)c2cc(-n3c4ccc(-c5ccccc5)cc4c4cc(-c5ccc(-c6cccc7ccccc67)cc5)ccc43)ccc2-c2ccc3sc4ccccc4c3c21. The molecule has 1 aliphatic rings. The number of nitrogens with zero attached hydrogens (tertiary/aromatic N) is 1. The average Bonchev–Trinajstić information content (AvgIpc) is 3.88. The minimum Gasteiger partial charge on any atom is -0.309 e. The van der Waals surface area contributed by atoms with Gasteiger partial charge in [0.25, 0.3) is 0 Å². The number of hydrogen-bond acceptors (Lipinski definition) is 1. The van der Waals surface area contributed by atoms with Crippen LogP contribution in [0.2, 0.25) is 0 Å². The third-order valence-corrected chi connectivity index (χ3v) is 13.7. The molecule has 0 unspecified atom stereocenters. The van der Waals surface area contributed by atoms with E-state index in [1.165, 1.54) is 114 Å². The fourth-order valence-electron chi connectivity index (χ4n) is 9.86. The van der Waals surface area contributed by atoms with Crippen LogP contribution in [0.3, 0.4) is 0 Å². The first-order valence-electron chi connectivity index (χ1n) is 19.8. The smallest absolute Gasteiger partial charge is 0.0541 e. The van der Waals surface area contributed by atoms with Gasteiger partial charge in [0, 0.05) is 42.0 Å². The second kappa shape index (κ2) is 12.1. The van der Waals surface area contributed by atoms with Crippen LogP contribution in [0.5, 0.6) is 0 Å². The summed E-state index contributed by atoms with van der Waals surface area (Å²) in [7, 11) is 0. The van der Waals surface area contributed by atoms with Gasteiger partial charge < -0.3 is 4.57 Å². The molecule has 12 rings (SSSR count). The summed E-state index contributed by atoms with van der Waals surface area (Å²) in [6.07, 6.45) is 0. The van der Waals surface area contributed by atoms with Crippen LogP contribution >= 0.6 is 11.3 Å². The maximum absolute atomic E-state index is 2.49. The summed E-state index contributed by atoms with van der Waals surface area (Å²) >= 11 is 1.91. The van der Waals surface area contributed by atoms with Crippen LogP contribution in [0.1, 0.15) is 25.0 Å². The number of fused-ring (bicyclic) bond motifs is 11. The van der Waals surface area contributed by atoms with Crippen molar-refractivity contribution < 1.29 is 0 Å². The summed E-state index contributed by atoms with van der Waals surface area (Å²) in [4.78, 5) is 0. The second-order valence-electron chi connectivity index (χ2n) is 16.1. The predicted molar refractivity (Wildman–Crippen MR) is 245 cm³/mol. The van der Waals surface area contributed by atoms with Crippen molar-refractivity contribution in [2.24, 2.45) is 0 Å². The molecule has 2 heteroatoms. The highest BCUT2D eigenvalue weighted by molar-refractivity contribution is 7.25. The highest BCUT2D eigenvalue weighted by Crippen LogP contribution is 2.54. The third kappa shape index (κ3) is 4.81. The molecule has 2 aromatic heterocycles. The minimum atomic E-state index is -0.158. The summed E-state index contributed by atoms with van der Waals surface area (Å²) in [6, 6.07) is 69.9. The first-order chi connectivity index (χ1) is 28.0. The first-order valence-corrected chi connectivity index (χ1v) is 20.7. The van der Waals surface area contributed by atoms with Crippen molar-refractivity contribution in [3.05, 3.63) is 199 Å². The minimum absolute atomic E-state index is 0.158. The van der Waals surface area contributed by atoms with Gasteiger partial charge in [-0.25, -0.2) is 0 Å². The molecule has 1 nitrogen and oxygen atoms in total. The lowest BCUT2D eigenvalue weighted by Crippen LogP contribution is -2.15. The van der Waals surface area contributed by atoms with E-state index in [0.717, 1.165) is 0 Å². The molecule has 0 aliphatic heterocycles. The largest absolute Gasteiger partial charge is 0.309 e. The van der Waals surface area contributed by atoms with Crippen molar-refractivity contribution in [1.29, 1.82) is 0 Å². The Morgan fingerprint density at radius 1 is 0.404 bits per heavy atom. The average molecular weight is 744 g/mol. The van der Waals surface area contributed by atoms with Crippen molar-refractivity contribution >= 4 is 64.1 Å². The van der Waals surface area contributed by atoms with Gasteiger partial charge in [-0.05, 0) is 115 Å². The van der Waals surface area contributed by atoms with E-state index < -0.39 is 0 Å². The molecule has 0 atom stereocenters. The molecule has 9 aromatic carbocycles. The Labute approximate surface area is 335 Å². The van der Waals surface area contributed by atoms with Crippen LogP contribution < -0.4 is 0 Å². The summed E-state index contributed by atoms with van der Waals surface area (Å²) in [5, 5.41) is 7.84. The Hall–Kier alpha value is -6.74. The molecule has 0 saturated heterocycles. The van der Waals surface area contributed by atoms with Crippen LogP contribution in [0.25, 0.3) is 103 Å². The van der Waals surface area contributed by atoms with E-state index >= 15 is 0 Å². The number of thiophene rings is 1. The molecule has 11 aromatic rings. The molecule has 0 amide bonds. The van der Waals surface area contributed by atoms with E-state index in [1.54, 1.807) is 0 Å². The quantitative estimate of drug-likeness (QED) is 0.169. The standard InChI is InChI=1S/C55H37NS/c1-55(2)48-33-40(25-26-43(48)44-27-30-52-53(54(44)55)45-16-8-9-18-51(45)57-52)56-49-28-23-38(34-11-4-3-5-12-34)31-46(49)47-32-39(24-29-50(47)56)35-19-21-37(22-20-35)42-17-10-14-36-13-6-7-15-41(36)42/h3-33H,1-2H3. The number of benzene rings is 9. The van der Waals surface area contributed by atoms with Gasteiger partial charge in [0.1, 0.15) is 0 Å². The van der Waals surface area contributed by atoms with Gasteiger partial charge in [-0.3, -0.25) is 0 Å². The third-order valence-electron chi connectivity index (χ3n) is 12.6. The lowest BCUT2D eigenvalue weighted by molar-refractivity contribution is 0.666. The van der Waals surface area contributed by atoms with Crippen LogP contribution in [0.15, 0.2) is 188 Å². The molecule has 268 valence electrons. The Bertz CT molecular complexity index is 3410. The Morgan fingerprint density at radius 3 is 1.79 bits per heavy atom.